The second-order valence-electron chi connectivity index (χ2n) is 6.81. The first-order valence-electron chi connectivity index (χ1n) is 9.01. The molecule has 130 valence electrons. The van der Waals surface area contributed by atoms with Crippen molar-refractivity contribution in [3.8, 4) is 0 Å². The Labute approximate surface area is 157 Å². The third-order valence-corrected chi connectivity index (χ3v) is 5.19. The molecule has 1 aliphatic rings. The number of rotatable bonds is 2. The van der Waals surface area contributed by atoms with Gasteiger partial charge in [-0.2, -0.15) is 0 Å². The number of para-hydroxylation sites is 2. The Balaban J connectivity index is 1.91. The average molecular weight is 350 g/mol. The first kappa shape index (κ1) is 15.6. The highest BCUT2D eigenvalue weighted by Crippen LogP contribution is 2.42. The zero-order valence-electron chi connectivity index (χ0n) is 14.9. The van der Waals surface area contributed by atoms with Crippen molar-refractivity contribution < 1.29 is 4.79 Å². The van der Waals surface area contributed by atoms with Crippen molar-refractivity contribution in [1.29, 1.82) is 0 Å². The van der Waals surface area contributed by atoms with Crippen LogP contribution < -0.4 is 5.32 Å². The van der Waals surface area contributed by atoms with Crippen molar-refractivity contribution in [3.05, 3.63) is 101 Å². The molecule has 0 atom stereocenters. The van der Waals surface area contributed by atoms with Crippen molar-refractivity contribution in [1.82, 2.24) is 4.98 Å². The van der Waals surface area contributed by atoms with E-state index in [1.807, 2.05) is 54.7 Å². The highest BCUT2D eigenvalue weighted by atomic mass is 16.2. The molecule has 0 unspecified atom stereocenters. The SMILES string of the molecule is Cc1ccccc1C(=C1C(=O)Nc2ccccc21)c1c[nH]c2ccccc12. The zero-order valence-corrected chi connectivity index (χ0v) is 14.9. The second-order valence-corrected chi connectivity index (χ2v) is 6.81. The molecule has 3 heteroatoms. The molecule has 0 saturated heterocycles. The van der Waals surface area contributed by atoms with Crippen LogP contribution in [0.15, 0.2) is 79.0 Å². The Morgan fingerprint density at radius 3 is 2.44 bits per heavy atom. The number of hydrogen-bond acceptors (Lipinski definition) is 1. The van der Waals surface area contributed by atoms with Gasteiger partial charge in [-0.3, -0.25) is 4.79 Å². The number of anilines is 1. The number of hydrogen-bond donors (Lipinski definition) is 2. The molecule has 5 rings (SSSR count). The number of aromatic amines is 1. The number of benzene rings is 3. The van der Waals surface area contributed by atoms with Gasteiger partial charge in [-0.1, -0.05) is 60.7 Å². The molecule has 0 fully saturated rings. The topological polar surface area (TPSA) is 44.9 Å². The summed E-state index contributed by atoms with van der Waals surface area (Å²) in [6.07, 6.45) is 2.01. The normalized spacial score (nSPS) is 14.9. The number of carbonyl (C=O) groups excluding carboxylic acids is 1. The lowest BCUT2D eigenvalue weighted by Crippen LogP contribution is -2.07. The lowest BCUT2D eigenvalue weighted by Gasteiger charge is -2.14. The van der Waals surface area contributed by atoms with Gasteiger partial charge in [0.25, 0.3) is 5.91 Å². The van der Waals surface area contributed by atoms with E-state index in [4.69, 9.17) is 0 Å². The fraction of sp³-hybridized carbons (Fsp3) is 0.0417. The molecule has 1 amide bonds. The van der Waals surface area contributed by atoms with Gasteiger partial charge in [0.15, 0.2) is 0 Å². The van der Waals surface area contributed by atoms with Gasteiger partial charge in [0.05, 0.1) is 5.57 Å². The smallest absolute Gasteiger partial charge is 0.257 e. The van der Waals surface area contributed by atoms with Crippen LogP contribution in [0.1, 0.15) is 22.3 Å². The quantitative estimate of drug-likeness (QED) is 0.468. The van der Waals surface area contributed by atoms with E-state index in [1.165, 1.54) is 0 Å². The summed E-state index contributed by atoms with van der Waals surface area (Å²) in [4.78, 5) is 16.4. The predicted molar refractivity (Wildman–Crippen MR) is 110 cm³/mol. The van der Waals surface area contributed by atoms with Crippen LogP contribution in [0.4, 0.5) is 5.69 Å². The van der Waals surface area contributed by atoms with E-state index in [-0.39, 0.29) is 5.91 Å². The monoisotopic (exact) mass is 350 g/mol. The van der Waals surface area contributed by atoms with Crippen molar-refractivity contribution in [2.24, 2.45) is 0 Å². The Hall–Kier alpha value is -3.59. The molecule has 0 radical (unpaired) electrons. The molecule has 3 nitrogen and oxygen atoms in total. The maximum absolute atomic E-state index is 13.0. The minimum atomic E-state index is -0.0558. The zero-order chi connectivity index (χ0) is 18.4. The molecule has 4 aromatic rings. The van der Waals surface area contributed by atoms with Crippen LogP contribution in [0.5, 0.6) is 0 Å². The number of aromatic nitrogens is 1. The summed E-state index contributed by atoms with van der Waals surface area (Å²) in [5, 5.41) is 4.13. The Kier molecular flexibility index (Phi) is 3.47. The Bertz CT molecular complexity index is 1230. The third kappa shape index (κ3) is 2.40. The highest BCUT2D eigenvalue weighted by molar-refractivity contribution is 6.38. The Morgan fingerprint density at radius 1 is 0.815 bits per heavy atom. The summed E-state index contributed by atoms with van der Waals surface area (Å²) in [7, 11) is 0. The summed E-state index contributed by atoms with van der Waals surface area (Å²) < 4.78 is 0. The van der Waals surface area contributed by atoms with Gasteiger partial charge < -0.3 is 10.3 Å². The van der Waals surface area contributed by atoms with Crippen LogP contribution in [-0.4, -0.2) is 10.9 Å². The van der Waals surface area contributed by atoms with Gasteiger partial charge in [-0.05, 0) is 30.2 Å². The molecule has 0 saturated carbocycles. The third-order valence-electron chi connectivity index (χ3n) is 5.19. The van der Waals surface area contributed by atoms with E-state index in [9.17, 15) is 4.79 Å². The van der Waals surface area contributed by atoms with Gasteiger partial charge in [0.1, 0.15) is 0 Å². The van der Waals surface area contributed by atoms with Gasteiger partial charge in [-0.25, -0.2) is 0 Å². The van der Waals surface area contributed by atoms with Crippen molar-refractivity contribution in [2.45, 2.75) is 6.92 Å². The van der Waals surface area contributed by atoms with E-state index < -0.39 is 0 Å². The van der Waals surface area contributed by atoms with E-state index in [1.54, 1.807) is 0 Å². The van der Waals surface area contributed by atoms with Crippen molar-refractivity contribution >= 4 is 33.6 Å². The van der Waals surface area contributed by atoms with Gasteiger partial charge in [-0.15, -0.1) is 0 Å². The van der Waals surface area contributed by atoms with Crippen LogP contribution in [0.3, 0.4) is 0 Å². The number of amides is 1. The fourth-order valence-electron chi connectivity index (χ4n) is 3.91. The first-order chi connectivity index (χ1) is 13.2. The van der Waals surface area contributed by atoms with Crippen LogP contribution in [0.2, 0.25) is 0 Å². The summed E-state index contributed by atoms with van der Waals surface area (Å²) in [6.45, 7) is 2.09. The molecule has 1 aromatic heterocycles. The van der Waals surface area contributed by atoms with Gasteiger partial charge >= 0.3 is 0 Å². The molecule has 0 spiro atoms. The number of aryl methyl sites for hydroxylation is 1. The summed E-state index contributed by atoms with van der Waals surface area (Å²) in [5.74, 6) is -0.0558. The molecule has 2 N–H and O–H groups in total. The van der Waals surface area contributed by atoms with Crippen LogP contribution in [0.25, 0.3) is 22.0 Å². The molecule has 1 aliphatic heterocycles. The standard InChI is InChI=1S/C24H18N2O/c1-15-8-2-3-9-16(15)22(19-14-25-20-12-6-4-10-17(19)20)23-18-11-5-7-13-21(18)26-24(23)27/h2-14,25H,1H3,(H,26,27). The number of fused-ring (bicyclic) bond motifs is 2. The van der Waals surface area contributed by atoms with E-state index in [2.05, 4.69) is 41.5 Å². The van der Waals surface area contributed by atoms with E-state index in [0.29, 0.717) is 0 Å². The number of nitrogens with one attached hydrogen (secondary N) is 2. The van der Waals surface area contributed by atoms with Crippen molar-refractivity contribution in [3.63, 3.8) is 0 Å². The summed E-state index contributed by atoms with van der Waals surface area (Å²) >= 11 is 0. The largest absolute Gasteiger partial charge is 0.361 e. The van der Waals surface area contributed by atoms with Gasteiger partial charge in [0, 0.05) is 39.5 Å². The second kappa shape index (κ2) is 5.99. The summed E-state index contributed by atoms with van der Waals surface area (Å²) in [6, 6.07) is 24.3. The predicted octanol–water partition coefficient (Wildman–Crippen LogP) is 5.39. The van der Waals surface area contributed by atoms with E-state index in [0.717, 1.165) is 50.0 Å². The van der Waals surface area contributed by atoms with Crippen LogP contribution in [-0.2, 0) is 4.79 Å². The molecule has 0 bridgehead atoms. The lowest BCUT2D eigenvalue weighted by molar-refractivity contribution is -0.110. The molecule has 0 aliphatic carbocycles. The maximum Gasteiger partial charge on any atom is 0.257 e. The first-order valence-corrected chi connectivity index (χ1v) is 9.01. The lowest BCUT2D eigenvalue weighted by atomic mass is 9.88. The molecule has 2 heterocycles. The fourth-order valence-corrected chi connectivity index (χ4v) is 3.91. The number of carbonyl (C=O) groups is 1. The highest BCUT2D eigenvalue weighted by Gasteiger charge is 2.29. The van der Waals surface area contributed by atoms with E-state index >= 15 is 0 Å². The maximum atomic E-state index is 13.0. The number of H-pyrrole nitrogens is 1. The van der Waals surface area contributed by atoms with Crippen LogP contribution in [0, 0.1) is 6.92 Å². The van der Waals surface area contributed by atoms with Gasteiger partial charge in [0.2, 0.25) is 0 Å². The average Bonchev–Trinajstić information content (AvgIpc) is 3.25. The minimum Gasteiger partial charge on any atom is -0.361 e. The van der Waals surface area contributed by atoms with Crippen molar-refractivity contribution in [2.75, 3.05) is 5.32 Å². The minimum absolute atomic E-state index is 0.0558. The molecule has 27 heavy (non-hydrogen) atoms. The Morgan fingerprint density at radius 2 is 1.56 bits per heavy atom. The molecular weight excluding hydrogens is 332 g/mol. The molecule has 3 aromatic carbocycles. The molecular formula is C24H18N2O. The van der Waals surface area contributed by atoms with Crippen LogP contribution >= 0.6 is 0 Å². The summed E-state index contributed by atoms with van der Waals surface area (Å²) in [5.41, 5.74) is 7.83.